The van der Waals surface area contributed by atoms with Crippen molar-refractivity contribution in [3.8, 4) is 22.9 Å². The smallest absolute Gasteiger partial charge is 0.269 e. The van der Waals surface area contributed by atoms with Gasteiger partial charge >= 0.3 is 0 Å². The molecular formula is C17H14F2N2O4S. The molecule has 0 saturated carbocycles. The van der Waals surface area contributed by atoms with Crippen LogP contribution in [0.15, 0.2) is 53.7 Å². The van der Waals surface area contributed by atoms with Gasteiger partial charge in [-0.3, -0.25) is 0 Å². The number of nitrogens with zero attached hydrogens (tertiary/aromatic N) is 2. The van der Waals surface area contributed by atoms with Crippen LogP contribution in [-0.2, 0) is 10.0 Å². The van der Waals surface area contributed by atoms with Crippen molar-refractivity contribution in [1.29, 1.82) is 0 Å². The summed E-state index contributed by atoms with van der Waals surface area (Å²) in [5.74, 6) is -1.31. The Bertz CT molecular complexity index is 1050. The molecule has 2 aromatic heterocycles. The van der Waals surface area contributed by atoms with Gasteiger partial charge in [-0.2, -0.15) is 0 Å². The maximum atomic E-state index is 14.3. The molecule has 0 fully saturated rings. The molecule has 3 rings (SSSR count). The molecule has 2 heterocycles. The van der Waals surface area contributed by atoms with Gasteiger partial charge in [-0.25, -0.2) is 26.2 Å². The van der Waals surface area contributed by atoms with Crippen LogP contribution in [0.3, 0.4) is 0 Å². The minimum absolute atomic E-state index is 0.0548. The average molecular weight is 380 g/mol. The summed E-state index contributed by atoms with van der Waals surface area (Å²) in [7, 11) is -1.37. The standard InChI is InChI=1S/C17H14F2N2O4S/c1-24-15-7-8-21(17(15)13-5-3-11(18)9-14(13)19)26(22,23)12-4-6-16(25-2)20-10-12/h3-10H,1-2H3. The number of halogens is 2. The highest BCUT2D eigenvalue weighted by Gasteiger charge is 2.26. The molecule has 0 amide bonds. The molecule has 0 aliphatic rings. The topological polar surface area (TPSA) is 70.4 Å². The van der Waals surface area contributed by atoms with Crippen molar-refractivity contribution in [2.75, 3.05) is 14.2 Å². The van der Waals surface area contributed by atoms with Gasteiger partial charge in [0.2, 0.25) is 5.88 Å². The van der Waals surface area contributed by atoms with Crippen LogP contribution in [0.1, 0.15) is 0 Å². The number of benzene rings is 1. The molecule has 6 nitrogen and oxygen atoms in total. The van der Waals surface area contributed by atoms with Crippen LogP contribution in [0, 0.1) is 11.6 Å². The first kappa shape index (κ1) is 17.9. The normalized spacial score (nSPS) is 11.4. The van der Waals surface area contributed by atoms with E-state index in [1.807, 2.05) is 0 Å². The zero-order chi connectivity index (χ0) is 18.9. The third kappa shape index (κ3) is 3.01. The van der Waals surface area contributed by atoms with E-state index in [-0.39, 0.29) is 27.8 Å². The predicted molar refractivity (Wildman–Crippen MR) is 89.7 cm³/mol. The van der Waals surface area contributed by atoms with Crippen LogP contribution >= 0.6 is 0 Å². The van der Waals surface area contributed by atoms with E-state index in [0.717, 1.165) is 22.3 Å². The largest absolute Gasteiger partial charge is 0.494 e. The lowest BCUT2D eigenvalue weighted by molar-refractivity contribution is 0.397. The van der Waals surface area contributed by atoms with Crippen molar-refractivity contribution in [2.45, 2.75) is 4.90 Å². The first-order valence-electron chi connectivity index (χ1n) is 7.35. The van der Waals surface area contributed by atoms with Gasteiger partial charge in [0.25, 0.3) is 10.0 Å². The second-order valence-corrected chi connectivity index (χ2v) is 7.01. The van der Waals surface area contributed by atoms with Gasteiger partial charge in [-0.1, -0.05) is 0 Å². The lowest BCUT2D eigenvalue weighted by atomic mass is 10.1. The Hall–Kier alpha value is -2.94. The molecule has 0 aliphatic carbocycles. The summed E-state index contributed by atoms with van der Waals surface area (Å²) >= 11 is 0. The number of ether oxygens (including phenoxy) is 2. The quantitative estimate of drug-likeness (QED) is 0.680. The van der Waals surface area contributed by atoms with Crippen LogP contribution in [0.2, 0.25) is 0 Å². The van der Waals surface area contributed by atoms with Gasteiger partial charge in [0.1, 0.15) is 28.0 Å². The van der Waals surface area contributed by atoms with Crippen molar-refractivity contribution < 1.29 is 26.7 Å². The average Bonchev–Trinajstić information content (AvgIpc) is 3.06. The summed E-state index contributed by atoms with van der Waals surface area (Å²) < 4.78 is 64.4. The van der Waals surface area contributed by atoms with Gasteiger partial charge in [-0.15, -0.1) is 0 Å². The van der Waals surface area contributed by atoms with Crippen LogP contribution in [-0.4, -0.2) is 31.6 Å². The Morgan fingerprint density at radius 1 is 1.04 bits per heavy atom. The molecule has 0 unspecified atom stereocenters. The maximum Gasteiger partial charge on any atom is 0.269 e. The van der Waals surface area contributed by atoms with E-state index >= 15 is 0 Å². The highest BCUT2D eigenvalue weighted by Crippen LogP contribution is 2.35. The Kier molecular flexibility index (Phi) is 4.64. The fourth-order valence-corrected chi connectivity index (χ4v) is 3.75. The van der Waals surface area contributed by atoms with Crippen molar-refractivity contribution in [3.63, 3.8) is 0 Å². The van der Waals surface area contributed by atoms with E-state index in [2.05, 4.69) is 4.98 Å². The SMILES string of the molecule is COc1ccc(S(=O)(=O)n2ccc(OC)c2-c2ccc(F)cc2F)cn1. The molecule has 0 aliphatic heterocycles. The Morgan fingerprint density at radius 2 is 1.81 bits per heavy atom. The van der Waals surface area contributed by atoms with E-state index in [1.54, 1.807) is 0 Å². The second-order valence-electron chi connectivity index (χ2n) is 5.19. The van der Waals surface area contributed by atoms with Gasteiger partial charge < -0.3 is 9.47 Å². The molecule has 9 heteroatoms. The van der Waals surface area contributed by atoms with E-state index in [0.29, 0.717) is 6.07 Å². The molecular weight excluding hydrogens is 366 g/mol. The van der Waals surface area contributed by atoms with Crippen molar-refractivity contribution in [3.05, 3.63) is 60.4 Å². The highest BCUT2D eigenvalue weighted by molar-refractivity contribution is 7.90. The zero-order valence-electron chi connectivity index (χ0n) is 13.8. The molecule has 0 radical (unpaired) electrons. The zero-order valence-corrected chi connectivity index (χ0v) is 14.6. The van der Waals surface area contributed by atoms with E-state index < -0.39 is 21.7 Å². The second kappa shape index (κ2) is 6.75. The summed E-state index contributed by atoms with van der Waals surface area (Å²) in [4.78, 5) is 3.75. The number of rotatable bonds is 5. The van der Waals surface area contributed by atoms with Crippen LogP contribution < -0.4 is 9.47 Å². The molecule has 1 aromatic carbocycles. The molecule has 0 bridgehead atoms. The monoisotopic (exact) mass is 380 g/mol. The summed E-state index contributed by atoms with van der Waals surface area (Å²) in [6, 6.07) is 6.96. The summed E-state index contributed by atoms with van der Waals surface area (Å²) in [6.07, 6.45) is 2.36. The first-order chi connectivity index (χ1) is 12.4. The fraction of sp³-hybridized carbons (Fsp3) is 0.118. The Balaban J connectivity index is 2.20. The number of hydrogen-bond acceptors (Lipinski definition) is 5. The molecule has 0 atom stereocenters. The number of methoxy groups -OCH3 is 2. The third-order valence-corrected chi connectivity index (χ3v) is 5.36. The number of pyridine rings is 1. The lowest BCUT2D eigenvalue weighted by Crippen LogP contribution is -2.14. The molecule has 0 spiro atoms. The van der Waals surface area contributed by atoms with E-state index in [1.165, 1.54) is 38.6 Å². The van der Waals surface area contributed by atoms with Gasteiger partial charge in [0.15, 0.2) is 0 Å². The fourth-order valence-electron chi connectivity index (χ4n) is 2.45. The molecule has 3 aromatic rings. The Labute approximate surface area is 148 Å². The van der Waals surface area contributed by atoms with Gasteiger partial charge in [0.05, 0.1) is 20.4 Å². The molecule has 0 saturated heterocycles. The van der Waals surface area contributed by atoms with Crippen molar-refractivity contribution in [1.82, 2.24) is 8.96 Å². The maximum absolute atomic E-state index is 14.3. The van der Waals surface area contributed by atoms with Crippen LogP contribution in [0.5, 0.6) is 11.6 Å². The number of aromatic nitrogens is 2. The summed E-state index contributed by atoms with van der Waals surface area (Å²) in [5, 5.41) is 0. The molecule has 136 valence electrons. The summed E-state index contributed by atoms with van der Waals surface area (Å²) in [5.41, 5.74) is -0.167. The van der Waals surface area contributed by atoms with E-state index in [9.17, 15) is 17.2 Å². The van der Waals surface area contributed by atoms with Crippen LogP contribution in [0.25, 0.3) is 11.3 Å². The predicted octanol–water partition coefficient (Wildman–Crippen LogP) is 3.08. The minimum Gasteiger partial charge on any atom is -0.494 e. The first-order valence-corrected chi connectivity index (χ1v) is 8.79. The highest BCUT2D eigenvalue weighted by atomic mass is 32.2. The lowest BCUT2D eigenvalue weighted by Gasteiger charge is -2.13. The van der Waals surface area contributed by atoms with Crippen molar-refractivity contribution in [2.24, 2.45) is 0 Å². The third-order valence-electron chi connectivity index (χ3n) is 3.70. The Morgan fingerprint density at radius 3 is 2.38 bits per heavy atom. The summed E-state index contributed by atoms with van der Waals surface area (Å²) in [6.45, 7) is 0. The molecule has 0 N–H and O–H groups in total. The van der Waals surface area contributed by atoms with Crippen LogP contribution in [0.4, 0.5) is 8.78 Å². The van der Waals surface area contributed by atoms with Gasteiger partial charge in [0, 0.05) is 23.9 Å². The number of hydrogen-bond donors (Lipinski definition) is 0. The van der Waals surface area contributed by atoms with Gasteiger partial charge in [-0.05, 0) is 24.3 Å². The van der Waals surface area contributed by atoms with E-state index in [4.69, 9.17) is 9.47 Å². The minimum atomic E-state index is -4.10. The van der Waals surface area contributed by atoms with Crippen molar-refractivity contribution >= 4 is 10.0 Å². The molecule has 26 heavy (non-hydrogen) atoms.